The predicted molar refractivity (Wildman–Crippen MR) is 133 cm³/mol. The lowest BCUT2D eigenvalue weighted by molar-refractivity contribution is -0.119. The van der Waals surface area contributed by atoms with E-state index in [1.807, 2.05) is 6.07 Å². The van der Waals surface area contributed by atoms with Gasteiger partial charge in [-0.1, -0.05) is 30.3 Å². The first-order valence-corrected chi connectivity index (χ1v) is 10.9. The van der Waals surface area contributed by atoms with E-state index in [2.05, 4.69) is 20.6 Å². The summed E-state index contributed by atoms with van der Waals surface area (Å²) in [4.78, 5) is 35.2. The van der Waals surface area contributed by atoms with Gasteiger partial charge in [-0.15, -0.1) is 0 Å². The van der Waals surface area contributed by atoms with E-state index in [9.17, 15) is 14.0 Å². The average molecular weight is 471 g/mol. The van der Waals surface area contributed by atoms with E-state index in [1.54, 1.807) is 75.0 Å². The van der Waals surface area contributed by atoms with Gasteiger partial charge in [-0.05, 0) is 36.4 Å². The molecule has 2 heterocycles. The highest BCUT2D eigenvalue weighted by molar-refractivity contribution is 6.20. The second-order valence-electron chi connectivity index (χ2n) is 7.99. The highest BCUT2D eigenvalue weighted by Gasteiger charge is 2.31. The lowest BCUT2D eigenvalue weighted by Gasteiger charge is -2.21. The summed E-state index contributed by atoms with van der Waals surface area (Å²) in [7, 11) is 3.16. The number of benzodiazepines with no additional fused rings is 1. The average Bonchev–Trinajstić information content (AvgIpc) is 3.23. The van der Waals surface area contributed by atoms with Crippen LogP contribution in [0.1, 0.15) is 11.1 Å². The van der Waals surface area contributed by atoms with Crippen molar-refractivity contribution in [2.24, 2.45) is 4.99 Å². The summed E-state index contributed by atoms with van der Waals surface area (Å²) < 4.78 is 20.0. The Balaban J connectivity index is 1.49. The van der Waals surface area contributed by atoms with Crippen LogP contribution in [0.4, 0.5) is 20.6 Å². The lowest BCUT2D eigenvalue weighted by atomic mass is 10.00. The number of hydrogen-bond donors (Lipinski definition) is 3. The fraction of sp³-hybridized carbons (Fsp3) is 0.115. The van der Waals surface area contributed by atoms with Gasteiger partial charge in [0.2, 0.25) is 6.17 Å². The number of aliphatic imine (C=N–C) groups is 1. The minimum absolute atomic E-state index is 0.235. The molecule has 1 aromatic heterocycles. The number of anilines is 2. The number of carbonyl (C=O) groups is 2. The van der Waals surface area contributed by atoms with E-state index < -0.39 is 23.9 Å². The van der Waals surface area contributed by atoms with Crippen LogP contribution in [0.25, 0.3) is 10.9 Å². The third kappa shape index (κ3) is 4.08. The standard InChI is InChI=1S/C26H22FN5O3/c1-32-22-10-6-4-8-17(22)23(16-7-3-5-9-19(16)27)30-24(25(32)33)31-26(34)29-21-14-28-20-12-11-15(35-2)13-18(20)21/h3-14,24,28H,1-2H3,(H2,29,31,34). The number of amides is 3. The number of benzene rings is 3. The van der Waals surface area contributed by atoms with Crippen molar-refractivity contribution in [2.45, 2.75) is 6.17 Å². The Morgan fingerprint density at radius 1 is 1.09 bits per heavy atom. The number of rotatable bonds is 4. The lowest BCUT2D eigenvalue weighted by Crippen LogP contribution is -2.47. The number of aromatic amines is 1. The zero-order valence-electron chi connectivity index (χ0n) is 19.0. The van der Waals surface area contributed by atoms with Crippen LogP contribution in [0.2, 0.25) is 0 Å². The van der Waals surface area contributed by atoms with Crippen molar-refractivity contribution >= 4 is 39.9 Å². The number of urea groups is 1. The molecule has 3 aromatic carbocycles. The third-order valence-corrected chi connectivity index (χ3v) is 5.88. The van der Waals surface area contributed by atoms with Gasteiger partial charge < -0.3 is 25.3 Å². The van der Waals surface area contributed by atoms with Crippen LogP contribution in [-0.4, -0.2) is 43.0 Å². The third-order valence-electron chi connectivity index (χ3n) is 5.88. The van der Waals surface area contributed by atoms with E-state index in [1.165, 1.54) is 11.0 Å². The Morgan fingerprint density at radius 3 is 2.60 bits per heavy atom. The first-order chi connectivity index (χ1) is 17.0. The number of nitrogens with one attached hydrogen (secondary N) is 3. The number of ether oxygens (including phenoxy) is 1. The van der Waals surface area contributed by atoms with Crippen LogP contribution >= 0.6 is 0 Å². The Morgan fingerprint density at radius 2 is 1.83 bits per heavy atom. The van der Waals surface area contributed by atoms with E-state index in [0.29, 0.717) is 22.7 Å². The molecule has 1 atom stereocenters. The monoisotopic (exact) mass is 471 g/mol. The number of fused-ring (bicyclic) bond motifs is 2. The number of hydrogen-bond acceptors (Lipinski definition) is 4. The summed E-state index contributed by atoms with van der Waals surface area (Å²) >= 11 is 0. The molecule has 0 radical (unpaired) electrons. The molecule has 0 bridgehead atoms. The molecule has 0 saturated heterocycles. The van der Waals surface area contributed by atoms with Gasteiger partial charge in [-0.2, -0.15) is 0 Å². The summed E-state index contributed by atoms with van der Waals surface area (Å²) in [6, 6.07) is 18.1. The molecule has 35 heavy (non-hydrogen) atoms. The van der Waals surface area contributed by atoms with Crippen molar-refractivity contribution < 1.29 is 18.7 Å². The number of likely N-dealkylation sites (N-methyl/N-ethyl adjacent to an activating group) is 1. The topological polar surface area (TPSA) is 98.8 Å². The van der Waals surface area contributed by atoms with Crippen molar-refractivity contribution in [1.82, 2.24) is 10.3 Å². The zero-order chi connectivity index (χ0) is 24.5. The summed E-state index contributed by atoms with van der Waals surface area (Å²) in [6.45, 7) is 0. The normalized spacial score (nSPS) is 15.3. The highest BCUT2D eigenvalue weighted by atomic mass is 19.1. The second kappa shape index (κ2) is 8.94. The molecule has 3 amide bonds. The Labute approximate surface area is 200 Å². The number of halogens is 1. The number of para-hydroxylation sites is 1. The molecule has 176 valence electrons. The maximum atomic E-state index is 14.8. The minimum Gasteiger partial charge on any atom is -0.497 e. The maximum Gasteiger partial charge on any atom is 0.321 e. The van der Waals surface area contributed by atoms with Gasteiger partial charge in [-0.3, -0.25) is 4.79 Å². The first kappa shape index (κ1) is 22.1. The van der Waals surface area contributed by atoms with E-state index >= 15 is 0 Å². The number of carbonyl (C=O) groups excluding carboxylic acids is 2. The Kier molecular flexibility index (Phi) is 5.66. The predicted octanol–water partition coefficient (Wildman–Crippen LogP) is 4.28. The molecule has 0 fully saturated rings. The quantitative estimate of drug-likeness (QED) is 0.414. The molecular formula is C26H22FN5O3. The molecule has 0 aliphatic carbocycles. The molecule has 1 unspecified atom stereocenters. The first-order valence-electron chi connectivity index (χ1n) is 10.9. The molecule has 8 nitrogen and oxygen atoms in total. The van der Waals surface area contributed by atoms with Gasteiger partial charge in [0.25, 0.3) is 5.91 Å². The minimum atomic E-state index is -1.28. The summed E-state index contributed by atoms with van der Waals surface area (Å²) in [5.41, 5.74) is 2.97. The summed E-state index contributed by atoms with van der Waals surface area (Å²) in [5, 5.41) is 6.13. The molecule has 9 heteroatoms. The number of methoxy groups -OCH3 is 1. The molecule has 1 aliphatic heterocycles. The maximum absolute atomic E-state index is 14.8. The summed E-state index contributed by atoms with van der Waals surface area (Å²) in [6.07, 6.45) is 0.371. The molecule has 1 aliphatic rings. The molecule has 0 saturated carbocycles. The SMILES string of the molecule is COc1ccc2[nH]cc(NC(=O)NC3N=C(c4ccccc4F)c4ccccc4N(C)C3=O)c2c1. The van der Waals surface area contributed by atoms with Crippen molar-refractivity contribution in [2.75, 3.05) is 24.4 Å². The van der Waals surface area contributed by atoms with Gasteiger partial charge in [0.1, 0.15) is 11.6 Å². The van der Waals surface area contributed by atoms with Crippen LogP contribution in [0.5, 0.6) is 5.75 Å². The van der Waals surface area contributed by atoms with Gasteiger partial charge in [0.15, 0.2) is 0 Å². The van der Waals surface area contributed by atoms with Gasteiger partial charge in [0.05, 0.1) is 24.2 Å². The molecule has 3 N–H and O–H groups in total. The van der Waals surface area contributed by atoms with Crippen molar-refractivity contribution in [1.29, 1.82) is 0 Å². The Bertz CT molecular complexity index is 1480. The zero-order valence-corrected chi connectivity index (χ0v) is 19.0. The second-order valence-corrected chi connectivity index (χ2v) is 7.99. The molecule has 4 aromatic rings. The van der Waals surface area contributed by atoms with Crippen LogP contribution in [0.15, 0.2) is 77.9 Å². The van der Waals surface area contributed by atoms with Crippen LogP contribution in [0, 0.1) is 5.82 Å². The number of nitrogens with zero attached hydrogens (tertiary/aromatic N) is 2. The number of aromatic nitrogens is 1. The number of H-pyrrole nitrogens is 1. The van der Waals surface area contributed by atoms with Crippen LogP contribution in [-0.2, 0) is 4.79 Å². The van der Waals surface area contributed by atoms with Crippen LogP contribution < -0.4 is 20.3 Å². The van der Waals surface area contributed by atoms with E-state index in [4.69, 9.17) is 4.74 Å². The molecule has 0 spiro atoms. The molecule has 5 rings (SSSR count). The largest absolute Gasteiger partial charge is 0.497 e. The Hall–Kier alpha value is -4.66. The van der Waals surface area contributed by atoms with Crippen molar-refractivity contribution in [3.63, 3.8) is 0 Å². The fourth-order valence-corrected chi connectivity index (χ4v) is 4.10. The smallest absolute Gasteiger partial charge is 0.321 e. The fourth-order valence-electron chi connectivity index (χ4n) is 4.10. The van der Waals surface area contributed by atoms with Gasteiger partial charge in [-0.25, -0.2) is 14.2 Å². The van der Waals surface area contributed by atoms with E-state index in [-0.39, 0.29) is 11.3 Å². The van der Waals surface area contributed by atoms with Gasteiger partial charge >= 0.3 is 6.03 Å². The summed E-state index contributed by atoms with van der Waals surface area (Å²) in [5.74, 6) is -0.299. The molecular weight excluding hydrogens is 449 g/mol. The van der Waals surface area contributed by atoms with E-state index in [0.717, 1.165) is 10.9 Å². The van der Waals surface area contributed by atoms with Crippen LogP contribution in [0.3, 0.4) is 0 Å². The van der Waals surface area contributed by atoms with Crippen molar-refractivity contribution in [3.05, 3.63) is 89.9 Å². The highest BCUT2D eigenvalue weighted by Crippen LogP contribution is 2.29. The van der Waals surface area contributed by atoms with Gasteiger partial charge in [0, 0.05) is 35.3 Å². The van der Waals surface area contributed by atoms with Crippen molar-refractivity contribution in [3.8, 4) is 5.75 Å².